The van der Waals surface area contributed by atoms with Gasteiger partial charge in [-0.25, -0.2) is 0 Å². The molecule has 1 heterocycles. The van der Waals surface area contributed by atoms with Gasteiger partial charge in [-0.05, 0) is 12.8 Å². The third-order valence-corrected chi connectivity index (χ3v) is 3.09. The van der Waals surface area contributed by atoms with Crippen molar-refractivity contribution < 1.29 is 24.2 Å². The SMILES string of the molecule is COCC(N)C(=O)N1CCC(OCCC(=O)O)CC1. The lowest BCUT2D eigenvalue weighted by Crippen LogP contribution is -2.49. The first-order valence-corrected chi connectivity index (χ1v) is 6.41. The van der Waals surface area contributed by atoms with Crippen LogP contribution in [-0.2, 0) is 19.1 Å². The van der Waals surface area contributed by atoms with E-state index in [9.17, 15) is 9.59 Å². The van der Waals surface area contributed by atoms with Gasteiger partial charge in [0, 0.05) is 20.2 Å². The number of aliphatic carboxylic acids is 1. The van der Waals surface area contributed by atoms with E-state index in [-0.39, 0.29) is 31.6 Å². The summed E-state index contributed by atoms with van der Waals surface area (Å²) < 4.78 is 10.3. The summed E-state index contributed by atoms with van der Waals surface area (Å²) in [7, 11) is 1.51. The number of likely N-dealkylation sites (tertiary alicyclic amines) is 1. The van der Waals surface area contributed by atoms with E-state index in [1.807, 2.05) is 0 Å². The number of piperidine rings is 1. The average Bonchev–Trinajstić information content (AvgIpc) is 2.38. The van der Waals surface area contributed by atoms with Gasteiger partial charge in [0.15, 0.2) is 0 Å². The summed E-state index contributed by atoms with van der Waals surface area (Å²) in [4.78, 5) is 24.0. The van der Waals surface area contributed by atoms with E-state index in [1.165, 1.54) is 7.11 Å². The molecule has 0 aromatic rings. The Hall–Kier alpha value is -1.18. The third kappa shape index (κ3) is 5.54. The Bertz CT molecular complexity index is 302. The lowest BCUT2D eigenvalue weighted by Gasteiger charge is -2.33. The second-order valence-corrected chi connectivity index (χ2v) is 4.60. The summed E-state index contributed by atoms with van der Waals surface area (Å²) in [6.07, 6.45) is 1.47. The number of nitrogens with two attached hydrogens (primary N) is 1. The molecule has 7 heteroatoms. The Morgan fingerprint density at radius 2 is 2.05 bits per heavy atom. The Labute approximate surface area is 112 Å². The number of carboxylic acids is 1. The molecule has 1 rings (SSSR count). The van der Waals surface area contributed by atoms with Gasteiger partial charge in [0.1, 0.15) is 6.04 Å². The number of rotatable bonds is 7. The van der Waals surface area contributed by atoms with Crippen molar-refractivity contribution in [2.24, 2.45) is 5.73 Å². The Morgan fingerprint density at radius 1 is 1.42 bits per heavy atom. The summed E-state index contributed by atoms with van der Waals surface area (Å²) in [6, 6.07) is -0.616. The Kier molecular flexibility index (Phi) is 6.75. The van der Waals surface area contributed by atoms with Crippen LogP contribution in [0.2, 0.25) is 0 Å². The van der Waals surface area contributed by atoms with E-state index < -0.39 is 12.0 Å². The van der Waals surface area contributed by atoms with E-state index in [0.29, 0.717) is 25.9 Å². The molecule has 1 fully saturated rings. The van der Waals surface area contributed by atoms with Crippen LogP contribution < -0.4 is 5.73 Å². The highest BCUT2D eigenvalue weighted by Gasteiger charge is 2.26. The maximum Gasteiger partial charge on any atom is 0.305 e. The predicted molar refractivity (Wildman–Crippen MR) is 67.7 cm³/mol. The molecule has 3 N–H and O–H groups in total. The summed E-state index contributed by atoms with van der Waals surface area (Å²) in [5.74, 6) is -0.969. The van der Waals surface area contributed by atoms with Crippen molar-refractivity contribution in [2.75, 3.05) is 33.4 Å². The van der Waals surface area contributed by atoms with Crippen molar-refractivity contribution in [3.63, 3.8) is 0 Å². The lowest BCUT2D eigenvalue weighted by atomic mass is 10.1. The minimum atomic E-state index is -0.863. The number of hydrogen-bond donors (Lipinski definition) is 2. The summed E-state index contributed by atoms with van der Waals surface area (Å²) in [5.41, 5.74) is 5.69. The normalized spacial score (nSPS) is 18.3. The van der Waals surface area contributed by atoms with Gasteiger partial charge in [0.05, 0.1) is 25.7 Å². The molecule has 1 saturated heterocycles. The van der Waals surface area contributed by atoms with Gasteiger partial charge in [-0.15, -0.1) is 0 Å². The quantitative estimate of drug-likeness (QED) is 0.645. The zero-order chi connectivity index (χ0) is 14.3. The number of methoxy groups -OCH3 is 1. The number of nitrogens with zero attached hydrogens (tertiary/aromatic N) is 1. The summed E-state index contributed by atoms with van der Waals surface area (Å²) >= 11 is 0. The molecule has 1 unspecified atom stereocenters. The molecule has 0 bridgehead atoms. The number of carbonyl (C=O) groups is 2. The third-order valence-electron chi connectivity index (χ3n) is 3.09. The van der Waals surface area contributed by atoms with Crippen LogP contribution in [0.3, 0.4) is 0 Å². The van der Waals surface area contributed by atoms with Crippen LogP contribution in [0, 0.1) is 0 Å². The van der Waals surface area contributed by atoms with E-state index in [2.05, 4.69) is 0 Å². The summed E-state index contributed by atoms with van der Waals surface area (Å²) in [6.45, 7) is 1.62. The van der Waals surface area contributed by atoms with E-state index in [1.54, 1.807) is 4.90 Å². The molecular formula is C12H22N2O5. The van der Waals surface area contributed by atoms with Crippen molar-refractivity contribution in [3.8, 4) is 0 Å². The molecule has 7 nitrogen and oxygen atoms in total. The lowest BCUT2D eigenvalue weighted by molar-refractivity contribution is -0.139. The van der Waals surface area contributed by atoms with Crippen LogP contribution in [0.25, 0.3) is 0 Å². The van der Waals surface area contributed by atoms with Crippen LogP contribution in [-0.4, -0.2) is 67.4 Å². The zero-order valence-electron chi connectivity index (χ0n) is 11.2. The molecule has 1 amide bonds. The second kappa shape index (κ2) is 8.08. The second-order valence-electron chi connectivity index (χ2n) is 4.60. The van der Waals surface area contributed by atoms with Gasteiger partial charge in [-0.3, -0.25) is 9.59 Å². The molecule has 1 atom stereocenters. The predicted octanol–water partition coefficient (Wildman–Crippen LogP) is -0.558. The highest BCUT2D eigenvalue weighted by molar-refractivity contribution is 5.81. The van der Waals surface area contributed by atoms with E-state index >= 15 is 0 Å². The fourth-order valence-electron chi connectivity index (χ4n) is 2.04. The largest absolute Gasteiger partial charge is 0.481 e. The van der Waals surface area contributed by atoms with Gasteiger partial charge < -0.3 is 25.2 Å². The number of carboxylic acid groups (broad SMARTS) is 1. The van der Waals surface area contributed by atoms with Gasteiger partial charge in [-0.1, -0.05) is 0 Å². The number of carbonyl (C=O) groups excluding carboxylic acids is 1. The van der Waals surface area contributed by atoms with E-state index in [0.717, 1.165) is 0 Å². The van der Waals surface area contributed by atoms with Crippen molar-refractivity contribution in [2.45, 2.75) is 31.4 Å². The highest BCUT2D eigenvalue weighted by Crippen LogP contribution is 2.14. The van der Waals surface area contributed by atoms with Crippen molar-refractivity contribution in [1.29, 1.82) is 0 Å². The molecule has 0 radical (unpaired) electrons. The molecule has 0 spiro atoms. The van der Waals surface area contributed by atoms with Gasteiger partial charge in [0.25, 0.3) is 0 Å². The van der Waals surface area contributed by atoms with Gasteiger partial charge in [-0.2, -0.15) is 0 Å². The molecule has 0 aromatic heterocycles. The van der Waals surface area contributed by atoms with E-state index in [4.69, 9.17) is 20.3 Å². The molecule has 19 heavy (non-hydrogen) atoms. The van der Waals surface area contributed by atoms with Crippen molar-refractivity contribution in [3.05, 3.63) is 0 Å². The topological polar surface area (TPSA) is 102 Å². The first-order valence-electron chi connectivity index (χ1n) is 6.41. The number of hydrogen-bond acceptors (Lipinski definition) is 5. The molecule has 0 saturated carbocycles. The monoisotopic (exact) mass is 274 g/mol. The van der Waals surface area contributed by atoms with Crippen molar-refractivity contribution in [1.82, 2.24) is 4.90 Å². The first-order chi connectivity index (χ1) is 9.04. The smallest absolute Gasteiger partial charge is 0.305 e. The van der Waals surface area contributed by atoms with Crippen LogP contribution >= 0.6 is 0 Å². The summed E-state index contributed by atoms with van der Waals surface area (Å²) in [5, 5.41) is 8.51. The maximum absolute atomic E-state index is 11.9. The van der Waals surface area contributed by atoms with Gasteiger partial charge in [0.2, 0.25) is 5.91 Å². The molecule has 110 valence electrons. The number of ether oxygens (including phenoxy) is 2. The molecule has 0 aliphatic carbocycles. The highest BCUT2D eigenvalue weighted by atomic mass is 16.5. The minimum absolute atomic E-state index is 0.0118. The Balaban J connectivity index is 2.24. The van der Waals surface area contributed by atoms with Crippen LogP contribution in [0.15, 0.2) is 0 Å². The molecular weight excluding hydrogens is 252 g/mol. The molecule has 1 aliphatic rings. The van der Waals surface area contributed by atoms with Gasteiger partial charge >= 0.3 is 5.97 Å². The van der Waals surface area contributed by atoms with Crippen LogP contribution in [0.5, 0.6) is 0 Å². The Morgan fingerprint density at radius 3 is 2.58 bits per heavy atom. The zero-order valence-corrected chi connectivity index (χ0v) is 11.2. The minimum Gasteiger partial charge on any atom is -0.481 e. The van der Waals surface area contributed by atoms with Crippen molar-refractivity contribution >= 4 is 11.9 Å². The maximum atomic E-state index is 11.9. The molecule has 1 aliphatic heterocycles. The fraction of sp³-hybridized carbons (Fsp3) is 0.833. The number of amides is 1. The van der Waals surface area contributed by atoms with Crippen LogP contribution in [0.4, 0.5) is 0 Å². The average molecular weight is 274 g/mol. The van der Waals surface area contributed by atoms with Crippen LogP contribution in [0.1, 0.15) is 19.3 Å². The standard InChI is InChI=1S/C12H22N2O5/c1-18-8-10(13)12(17)14-5-2-9(3-6-14)19-7-4-11(15)16/h9-10H,2-8,13H2,1H3,(H,15,16). The first kappa shape index (κ1) is 15.9. The molecule has 0 aromatic carbocycles. The fourth-order valence-corrected chi connectivity index (χ4v) is 2.04.